The van der Waals surface area contributed by atoms with Crippen LogP contribution in [0.25, 0.3) is 0 Å². The van der Waals surface area contributed by atoms with Crippen LogP contribution in [0.15, 0.2) is 24.3 Å². The van der Waals surface area contributed by atoms with Gasteiger partial charge in [0, 0.05) is 5.69 Å². The van der Waals surface area contributed by atoms with Gasteiger partial charge in [0.25, 0.3) is 0 Å². The number of nitrogens with two attached hydrogens (primary N) is 1. The second-order valence-corrected chi connectivity index (χ2v) is 4.19. The summed E-state index contributed by atoms with van der Waals surface area (Å²) < 4.78 is 0. The molecule has 0 radical (unpaired) electrons. The number of amides is 2. The van der Waals surface area contributed by atoms with Crippen molar-refractivity contribution < 1.29 is 9.59 Å². The molecule has 0 aliphatic carbocycles. The van der Waals surface area contributed by atoms with Crippen LogP contribution >= 0.6 is 11.8 Å². The minimum absolute atomic E-state index is 0.117. The Morgan fingerprint density at radius 2 is 2.18 bits per heavy atom. The van der Waals surface area contributed by atoms with Crippen molar-refractivity contribution in [2.24, 2.45) is 5.73 Å². The molecule has 0 aromatic heterocycles. The van der Waals surface area contributed by atoms with Crippen LogP contribution in [0.3, 0.4) is 0 Å². The number of rotatable bonds is 5. The van der Waals surface area contributed by atoms with Crippen molar-refractivity contribution in [2.75, 3.05) is 16.8 Å². The molecule has 6 heteroatoms. The van der Waals surface area contributed by atoms with E-state index in [1.54, 1.807) is 24.3 Å². The highest BCUT2D eigenvalue weighted by Gasteiger charge is 2.04. The molecule has 5 nitrogen and oxygen atoms in total. The third-order valence-electron chi connectivity index (χ3n) is 1.75. The molecule has 1 aromatic carbocycles. The Kier molecular flexibility index (Phi) is 5.04. The zero-order valence-corrected chi connectivity index (χ0v) is 9.79. The molecule has 0 spiro atoms. The van der Waals surface area contributed by atoms with Gasteiger partial charge in [-0.2, -0.15) is 5.26 Å². The Bertz CT molecular complexity index is 468. The molecule has 0 aliphatic rings. The van der Waals surface area contributed by atoms with Crippen LogP contribution in [0.4, 0.5) is 5.69 Å². The van der Waals surface area contributed by atoms with E-state index in [0.29, 0.717) is 11.3 Å². The second kappa shape index (κ2) is 6.55. The molecule has 0 bridgehead atoms. The molecule has 0 fully saturated rings. The molecule has 2 amide bonds. The van der Waals surface area contributed by atoms with Crippen molar-refractivity contribution in [1.82, 2.24) is 0 Å². The van der Waals surface area contributed by atoms with E-state index in [0.717, 1.165) is 11.8 Å². The Balaban J connectivity index is 2.45. The van der Waals surface area contributed by atoms with Crippen molar-refractivity contribution in [2.45, 2.75) is 0 Å². The van der Waals surface area contributed by atoms with Crippen LogP contribution in [0.1, 0.15) is 5.56 Å². The number of hydrogen-bond acceptors (Lipinski definition) is 4. The van der Waals surface area contributed by atoms with Crippen LogP contribution < -0.4 is 11.1 Å². The average molecular weight is 249 g/mol. The molecule has 88 valence electrons. The molecule has 1 aromatic rings. The number of hydrogen-bond donors (Lipinski definition) is 2. The number of nitrogens with one attached hydrogen (secondary N) is 1. The monoisotopic (exact) mass is 249 g/mol. The minimum atomic E-state index is -0.450. The molecule has 0 saturated carbocycles. The first-order valence-corrected chi connectivity index (χ1v) is 5.93. The first-order chi connectivity index (χ1) is 8.11. The fourth-order valence-electron chi connectivity index (χ4n) is 1.11. The predicted molar refractivity (Wildman–Crippen MR) is 66.3 cm³/mol. The third kappa shape index (κ3) is 5.04. The maximum Gasteiger partial charge on any atom is 0.234 e. The van der Waals surface area contributed by atoms with Crippen molar-refractivity contribution in [1.29, 1.82) is 5.26 Å². The van der Waals surface area contributed by atoms with Gasteiger partial charge >= 0.3 is 0 Å². The Labute approximate surface area is 103 Å². The van der Waals surface area contributed by atoms with Gasteiger partial charge in [0.05, 0.1) is 23.1 Å². The molecular formula is C11H11N3O2S. The maximum atomic E-state index is 11.4. The molecular weight excluding hydrogens is 238 g/mol. The zero-order chi connectivity index (χ0) is 12.7. The summed E-state index contributed by atoms with van der Waals surface area (Å²) in [4.78, 5) is 21.9. The quantitative estimate of drug-likeness (QED) is 0.803. The number of nitriles is 1. The van der Waals surface area contributed by atoms with E-state index in [1.807, 2.05) is 6.07 Å². The lowest BCUT2D eigenvalue weighted by atomic mass is 10.2. The summed E-state index contributed by atoms with van der Waals surface area (Å²) >= 11 is 1.15. The summed E-state index contributed by atoms with van der Waals surface area (Å²) in [5.74, 6) is -0.411. The highest BCUT2D eigenvalue weighted by molar-refractivity contribution is 8.00. The van der Waals surface area contributed by atoms with E-state index in [9.17, 15) is 9.59 Å². The lowest BCUT2D eigenvalue weighted by Gasteiger charge is -2.04. The summed E-state index contributed by atoms with van der Waals surface area (Å²) in [6.07, 6.45) is 0. The van der Waals surface area contributed by atoms with Gasteiger partial charge in [-0.15, -0.1) is 11.8 Å². The van der Waals surface area contributed by atoms with E-state index in [4.69, 9.17) is 11.0 Å². The topological polar surface area (TPSA) is 96.0 Å². The molecule has 0 atom stereocenters. The van der Waals surface area contributed by atoms with Gasteiger partial charge in [-0.3, -0.25) is 9.59 Å². The molecule has 0 heterocycles. The summed E-state index contributed by atoms with van der Waals surface area (Å²) in [5.41, 5.74) is 5.98. The lowest BCUT2D eigenvalue weighted by molar-refractivity contribution is -0.115. The number of primary amides is 1. The Hall–Kier alpha value is -2.00. The number of nitrogens with zero attached hydrogens (tertiary/aromatic N) is 1. The van der Waals surface area contributed by atoms with E-state index < -0.39 is 5.91 Å². The largest absolute Gasteiger partial charge is 0.369 e. The van der Waals surface area contributed by atoms with E-state index in [2.05, 4.69) is 5.32 Å². The number of carbonyl (C=O) groups is 2. The first-order valence-electron chi connectivity index (χ1n) is 4.78. The second-order valence-electron chi connectivity index (χ2n) is 3.20. The van der Waals surface area contributed by atoms with E-state index in [-0.39, 0.29) is 17.4 Å². The summed E-state index contributed by atoms with van der Waals surface area (Å²) in [7, 11) is 0. The first kappa shape index (κ1) is 13.1. The molecule has 17 heavy (non-hydrogen) atoms. The fraction of sp³-hybridized carbons (Fsp3) is 0.182. The normalized spacial score (nSPS) is 9.35. The van der Waals surface area contributed by atoms with Crippen LogP contribution in [-0.2, 0) is 9.59 Å². The van der Waals surface area contributed by atoms with Crippen LogP contribution in [-0.4, -0.2) is 23.3 Å². The van der Waals surface area contributed by atoms with Crippen LogP contribution in [0.2, 0.25) is 0 Å². The van der Waals surface area contributed by atoms with Crippen molar-refractivity contribution in [3.8, 4) is 6.07 Å². The summed E-state index contributed by atoms with van der Waals surface area (Å²) in [5, 5.41) is 11.3. The Morgan fingerprint density at radius 1 is 1.41 bits per heavy atom. The number of anilines is 1. The van der Waals surface area contributed by atoms with Crippen molar-refractivity contribution in [3.05, 3.63) is 29.8 Å². The van der Waals surface area contributed by atoms with Crippen LogP contribution in [0, 0.1) is 11.3 Å². The van der Waals surface area contributed by atoms with Gasteiger partial charge in [-0.1, -0.05) is 6.07 Å². The molecule has 3 N–H and O–H groups in total. The van der Waals surface area contributed by atoms with Gasteiger partial charge in [0.1, 0.15) is 0 Å². The molecule has 0 saturated heterocycles. The van der Waals surface area contributed by atoms with Gasteiger partial charge in [-0.05, 0) is 18.2 Å². The molecule has 1 rings (SSSR count). The zero-order valence-electron chi connectivity index (χ0n) is 8.97. The highest BCUT2D eigenvalue weighted by Crippen LogP contribution is 2.10. The third-order valence-corrected chi connectivity index (χ3v) is 2.71. The fourth-order valence-corrected chi connectivity index (χ4v) is 1.67. The number of thioether (sulfide) groups is 1. The number of carbonyl (C=O) groups excluding carboxylic acids is 2. The van der Waals surface area contributed by atoms with Gasteiger partial charge in [-0.25, -0.2) is 0 Å². The highest BCUT2D eigenvalue weighted by atomic mass is 32.2. The minimum Gasteiger partial charge on any atom is -0.369 e. The Morgan fingerprint density at radius 3 is 2.82 bits per heavy atom. The van der Waals surface area contributed by atoms with Gasteiger partial charge < -0.3 is 11.1 Å². The lowest BCUT2D eigenvalue weighted by Crippen LogP contribution is -2.18. The van der Waals surface area contributed by atoms with Gasteiger partial charge in [0.15, 0.2) is 0 Å². The standard InChI is InChI=1S/C11H11N3O2S/c12-5-8-2-1-3-9(4-8)14-11(16)7-17-6-10(13)15/h1-4H,6-7H2,(H2,13,15)(H,14,16). The summed E-state index contributed by atoms with van der Waals surface area (Å²) in [6.45, 7) is 0. The van der Waals surface area contributed by atoms with E-state index in [1.165, 1.54) is 0 Å². The van der Waals surface area contributed by atoms with Crippen LogP contribution in [0.5, 0.6) is 0 Å². The maximum absolute atomic E-state index is 11.4. The molecule has 0 aliphatic heterocycles. The average Bonchev–Trinajstić information content (AvgIpc) is 2.28. The predicted octanol–water partition coefficient (Wildman–Crippen LogP) is 0.715. The van der Waals surface area contributed by atoms with Gasteiger partial charge in [0.2, 0.25) is 11.8 Å². The summed E-state index contributed by atoms with van der Waals surface area (Å²) in [6, 6.07) is 8.59. The smallest absolute Gasteiger partial charge is 0.234 e. The van der Waals surface area contributed by atoms with Crippen molar-refractivity contribution >= 4 is 29.3 Å². The SMILES string of the molecule is N#Cc1cccc(NC(=O)CSCC(N)=O)c1. The number of benzene rings is 1. The van der Waals surface area contributed by atoms with E-state index >= 15 is 0 Å². The molecule has 0 unspecified atom stereocenters. The van der Waals surface area contributed by atoms with Crippen molar-refractivity contribution in [3.63, 3.8) is 0 Å².